The number of rotatable bonds is 4. The molecular formula is C9H14N2O3. The van der Waals surface area contributed by atoms with Gasteiger partial charge in [0.1, 0.15) is 0 Å². The number of carbonyl (C=O) groups is 1. The fourth-order valence-corrected chi connectivity index (χ4v) is 1.78. The van der Waals surface area contributed by atoms with E-state index in [0.717, 1.165) is 0 Å². The Morgan fingerprint density at radius 2 is 2.43 bits per heavy atom. The number of carbonyl (C=O) groups excluding carboxylic acids is 1. The molecule has 1 aliphatic rings. The molecule has 1 fully saturated rings. The number of hydrogen-bond donors (Lipinski definition) is 2. The molecule has 14 heavy (non-hydrogen) atoms. The summed E-state index contributed by atoms with van der Waals surface area (Å²) in [6.07, 6.45) is 0. The summed E-state index contributed by atoms with van der Waals surface area (Å²) < 4.78 is 4.81. The summed E-state index contributed by atoms with van der Waals surface area (Å²) in [6.45, 7) is 1.90. The molecule has 0 radical (unpaired) electrons. The van der Waals surface area contributed by atoms with Gasteiger partial charge < -0.3 is 15.6 Å². The first-order chi connectivity index (χ1) is 6.67. The molecule has 0 aromatic rings. The SMILES string of the molecule is CCOC(=O)[C@H]1[C@H](CO)[C@@H]1C(N)C#N. The Morgan fingerprint density at radius 3 is 2.86 bits per heavy atom. The van der Waals surface area contributed by atoms with Gasteiger partial charge in [-0.3, -0.25) is 4.79 Å². The molecule has 1 saturated carbocycles. The maximum Gasteiger partial charge on any atom is 0.309 e. The van der Waals surface area contributed by atoms with Gasteiger partial charge >= 0.3 is 5.97 Å². The Balaban J connectivity index is 2.56. The highest BCUT2D eigenvalue weighted by molar-refractivity contribution is 5.77. The summed E-state index contributed by atoms with van der Waals surface area (Å²) in [5.41, 5.74) is 5.49. The summed E-state index contributed by atoms with van der Waals surface area (Å²) in [5, 5.41) is 17.5. The third-order valence-corrected chi connectivity index (χ3v) is 2.56. The number of ether oxygens (including phenoxy) is 1. The number of nitrogens with two attached hydrogens (primary N) is 1. The zero-order chi connectivity index (χ0) is 10.7. The number of nitriles is 1. The molecule has 0 aliphatic heterocycles. The van der Waals surface area contributed by atoms with Crippen LogP contribution in [0.25, 0.3) is 0 Å². The van der Waals surface area contributed by atoms with Crippen molar-refractivity contribution < 1.29 is 14.6 Å². The van der Waals surface area contributed by atoms with Gasteiger partial charge in [0.25, 0.3) is 0 Å². The average Bonchev–Trinajstić information content (AvgIpc) is 2.91. The predicted octanol–water partition coefficient (Wildman–Crippen LogP) is -0.745. The van der Waals surface area contributed by atoms with Gasteiger partial charge in [0.15, 0.2) is 0 Å². The van der Waals surface area contributed by atoms with Crippen LogP contribution in [-0.2, 0) is 9.53 Å². The van der Waals surface area contributed by atoms with Gasteiger partial charge in [-0.15, -0.1) is 0 Å². The van der Waals surface area contributed by atoms with Crippen molar-refractivity contribution in [2.75, 3.05) is 13.2 Å². The second kappa shape index (κ2) is 4.40. The van der Waals surface area contributed by atoms with E-state index in [4.69, 9.17) is 20.8 Å². The normalized spacial score (nSPS) is 31.7. The van der Waals surface area contributed by atoms with Crippen LogP contribution in [0.3, 0.4) is 0 Å². The number of aliphatic hydroxyl groups excluding tert-OH is 1. The molecule has 1 rings (SSSR count). The topological polar surface area (TPSA) is 96.3 Å². The number of hydrogen-bond acceptors (Lipinski definition) is 5. The minimum Gasteiger partial charge on any atom is -0.466 e. The largest absolute Gasteiger partial charge is 0.466 e. The molecule has 5 heteroatoms. The smallest absolute Gasteiger partial charge is 0.309 e. The van der Waals surface area contributed by atoms with Crippen LogP contribution in [0.1, 0.15) is 6.92 Å². The van der Waals surface area contributed by atoms with Crippen LogP contribution in [0, 0.1) is 29.1 Å². The lowest BCUT2D eigenvalue weighted by Gasteiger charge is -2.01. The third-order valence-electron chi connectivity index (χ3n) is 2.56. The van der Waals surface area contributed by atoms with Gasteiger partial charge in [-0.25, -0.2) is 0 Å². The van der Waals surface area contributed by atoms with E-state index in [0.29, 0.717) is 6.61 Å². The summed E-state index contributed by atoms with van der Waals surface area (Å²) in [4.78, 5) is 11.3. The Bertz CT molecular complexity index is 261. The van der Waals surface area contributed by atoms with Crippen molar-refractivity contribution in [3.8, 4) is 6.07 Å². The summed E-state index contributed by atoms with van der Waals surface area (Å²) in [7, 11) is 0. The zero-order valence-electron chi connectivity index (χ0n) is 8.01. The zero-order valence-corrected chi connectivity index (χ0v) is 8.01. The van der Waals surface area contributed by atoms with Crippen molar-refractivity contribution in [2.24, 2.45) is 23.5 Å². The summed E-state index contributed by atoms with van der Waals surface area (Å²) in [6, 6.07) is 1.18. The molecule has 5 nitrogen and oxygen atoms in total. The molecule has 4 atom stereocenters. The molecular weight excluding hydrogens is 184 g/mol. The lowest BCUT2D eigenvalue weighted by atomic mass is 10.2. The van der Waals surface area contributed by atoms with Gasteiger partial charge in [0, 0.05) is 18.4 Å². The highest BCUT2D eigenvalue weighted by Crippen LogP contribution is 2.48. The van der Waals surface area contributed by atoms with Crippen molar-refractivity contribution in [1.82, 2.24) is 0 Å². The highest BCUT2D eigenvalue weighted by atomic mass is 16.5. The average molecular weight is 198 g/mol. The van der Waals surface area contributed by atoms with Crippen LogP contribution in [0.4, 0.5) is 0 Å². The molecule has 0 heterocycles. The van der Waals surface area contributed by atoms with Crippen molar-refractivity contribution in [3.05, 3.63) is 0 Å². The summed E-state index contributed by atoms with van der Waals surface area (Å²) >= 11 is 0. The van der Waals surface area contributed by atoms with Gasteiger partial charge in [-0.1, -0.05) is 0 Å². The van der Waals surface area contributed by atoms with Crippen molar-refractivity contribution in [1.29, 1.82) is 5.26 Å². The lowest BCUT2D eigenvalue weighted by Crippen LogP contribution is -2.23. The number of aliphatic hydroxyl groups is 1. The molecule has 0 saturated heterocycles. The van der Waals surface area contributed by atoms with E-state index in [1.165, 1.54) is 0 Å². The summed E-state index contributed by atoms with van der Waals surface area (Å²) in [5.74, 6) is -1.20. The van der Waals surface area contributed by atoms with Gasteiger partial charge in [-0.2, -0.15) is 5.26 Å². The second-order valence-electron chi connectivity index (χ2n) is 3.36. The molecule has 0 bridgehead atoms. The second-order valence-corrected chi connectivity index (χ2v) is 3.36. The molecule has 0 spiro atoms. The lowest BCUT2D eigenvalue weighted by molar-refractivity contribution is -0.145. The maximum absolute atomic E-state index is 11.3. The first kappa shape index (κ1) is 11.0. The van der Waals surface area contributed by atoms with Crippen LogP contribution in [0.2, 0.25) is 0 Å². The van der Waals surface area contributed by atoms with E-state index in [1.807, 2.05) is 6.07 Å². The number of nitrogens with zero attached hydrogens (tertiary/aromatic N) is 1. The molecule has 1 aliphatic carbocycles. The Hall–Kier alpha value is -1.12. The van der Waals surface area contributed by atoms with E-state index in [2.05, 4.69) is 0 Å². The van der Waals surface area contributed by atoms with Gasteiger partial charge in [0.2, 0.25) is 0 Å². The Kier molecular flexibility index (Phi) is 3.44. The Morgan fingerprint density at radius 1 is 1.79 bits per heavy atom. The molecule has 0 aromatic carbocycles. The van der Waals surface area contributed by atoms with E-state index >= 15 is 0 Å². The molecule has 3 N–H and O–H groups in total. The Labute approximate surface area is 82.5 Å². The van der Waals surface area contributed by atoms with Crippen molar-refractivity contribution in [2.45, 2.75) is 13.0 Å². The first-order valence-corrected chi connectivity index (χ1v) is 4.60. The van der Waals surface area contributed by atoms with Crippen molar-refractivity contribution >= 4 is 5.97 Å². The van der Waals surface area contributed by atoms with Crippen molar-refractivity contribution in [3.63, 3.8) is 0 Å². The van der Waals surface area contributed by atoms with E-state index in [1.54, 1.807) is 6.92 Å². The van der Waals surface area contributed by atoms with E-state index < -0.39 is 12.0 Å². The fourth-order valence-electron chi connectivity index (χ4n) is 1.78. The monoisotopic (exact) mass is 198 g/mol. The minimum atomic E-state index is -0.693. The minimum absolute atomic E-state index is 0.122. The third kappa shape index (κ3) is 1.86. The quantitative estimate of drug-likeness (QED) is 0.580. The highest BCUT2D eigenvalue weighted by Gasteiger charge is 2.58. The van der Waals surface area contributed by atoms with E-state index in [9.17, 15) is 4.79 Å². The molecule has 0 amide bonds. The van der Waals surface area contributed by atoms with Crippen LogP contribution in [0.15, 0.2) is 0 Å². The number of esters is 1. The fraction of sp³-hybridized carbons (Fsp3) is 0.778. The molecule has 0 aromatic heterocycles. The van der Waals surface area contributed by atoms with Crippen LogP contribution >= 0.6 is 0 Å². The first-order valence-electron chi connectivity index (χ1n) is 4.60. The maximum atomic E-state index is 11.3. The van der Waals surface area contributed by atoms with Gasteiger partial charge in [-0.05, 0) is 6.92 Å². The van der Waals surface area contributed by atoms with Crippen LogP contribution < -0.4 is 5.73 Å². The van der Waals surface area contributed by atoms with Crippen LogP contribution in [-0.4, -0.2) is 30.3 Å². The molecule has 1 unspecified atom stereocenters. The van der Waals surface area contributed by atoms with E-state index in [-0.39, 0.29) is 24.4 Å². The molecule has 78 valence electrons. The predicted molar refractivity (Wildman–Crippen MR) is 47.8 cm³/mol. The van der Waals surface area contributed by atoms with Crippen LogP contribution in [0.5, 0.6) is 0 Å². The van der Waals surface area contributed by atoms with Gasteiger partial charge in [0.05, 0.1) is 24.6 Å². The standard InChI is InChI=1S/C9H14N2O3/c1-2-14-9(13)8-5(4-12)7(8)6(11)3-10/h5-8,12H,2,4,11H2,1H3/t5-,6?,7-,8+/m1/s1.